The lowest BCUT2D eigenvalue weighted by molar-refractivity contribution is -0.154. The number of aliphatic hydroxyl groups is 2. The van der Waals surface area contributed by atoms with E-state index in [1.807, 2.05) is 63.4 Å². The average molecular weight is 452 g/mol. The molecule has 8 heteroatoms. The molecule has 0 aliphatic heterocycles. The number of likely N-dealkylation sites (N-methyl/N-ethyl adjacent to an activating group) is 1. The Kier molecular flexibility index (Phi) is 12.8. The zero-order valence-corrected chi connectivity index (χ0v) is 19.8. The summed E-state index contributed by atoms with van der Waals surface area (Å²) in [6, 6.07) is 3.70. The standard InChI is InChI=1S/C23H37N3O4S/c1-5-15-26(17(4)10-8-11-18(6-2)24-7-3)23(30)21(28)20(27)22(29)25-14-13-19-12-9-16-31-19/h6,8-9,11-12,16-17,20-21,24,27-28H,5,7,10,13-15H2,1-4H3,(H,25,29)/b11-8-,18-6+. The quantitative estimate of drug-likeness (QED) is 0.325. The van der Waals surface area contributed by atoms with Crippen LogP contribution in [0.25, 0.3) is 0 Å². The number of hydrogen-bond donors (Lipinski definition) is 4. The second-order valence-electron chi connectivity index (χ2n) is 7.30. The molecule has 2 amide bonds. The van der Waals surface area contributed by atoms with Crippen molar-refractivity contribution in [3.63, 3.8) is 0 Å². The van der Waals surface area contributed by atoms with Gasteiger partial charge in [0.1, 0.15) is 0 Å². The van der Waals surface area contributed by atoms with Crippen LogP contribution in [0.4, 0.5) is 0 Å². The Morgan fingerprint density at radius 3 is 2.55 bits per heavy atom. The van der Waals surface area contributed by atoms with Gasteiger partial charge in [-0.2, -0.15) is 0 Å². The Hall–Kier alpha value is -2.16. The van der Waals surface area contributed by atoms with Crippen molar-refractivity contribution in [3.8, 4) is 0 Å². The van der Waals surface area contributed by atoms with Crippen LogP contribution in [0.3, 0.4) is 0 Å². The van der Waals surface area contributed by atoms with Crippen molar-refractivity contribution in [2.75, 3.05) is 19.6 Å². The molecule has 0 saturated heterocycles. The van der Waals surface area contributed by atoms with E-state index in [0.29, 0.717) is 32.4 Å². The number of amides is 2. The Bertz CT molecular complexity index is 718. The number of nitrogens with one attached hydrogen (secondary N) is 2. The monoisotopic (exact) mass is 451 g/mol. The topological polar surface area (TPSA) is 102 Å². The molecule has 0 bridgehead atoms. The van der Waals surface area contributed by atoms with Gasteiger partial charge in [0.05, 0.1) is 0 Å². The van der Waals surface area contributed by atoms with E-state index in [-0.39, 0.29) is 6.04 Å². The van der Waals surface area contributed by atoms with Gasteiger partial charge in [0, 0.05) is 36.3 Å². The zero-order chi connectivity index (χ0) is 23.2. The van der Waals surface area contributed by atoms with E-state index in [0.717, 1.165) is 17.1 Å². The maximum atomic E-state index is 12.8. The second-order valence-corrected chi connectivity index (χ2v) is 8.34. The third-order valence-corrected chi connectivity index (χ3v) is 5.75. The van der Waals surface area contributed by atoms with Crippen LogP contribution in [-0.4, -0.2) is 64.8 Å². The number of carbonyl (C=O) groups excluding carboxylic acids is 2. The highest BCUT2D eigenvalue weighted by atomic mass is 32.1. The van der Waals surface area contributed by atoms with Gasteiger partial charge in [0.15, 0.2) is 12.2 Å². The van der Waals surface area contributed by atoms with Crippen LogP contribution in [0.1, 0.15) is 45.4 Å². The lowest BCUT2D eigenvalue weighted by Gasteiger charge is -2.31. The van der Waals surface area contributed by atoms with Gasteiger partial charge in [-0.15, -0.1) is 11.3 Å². The van der Waals surface area contributed by atoms with E-state index in [1.54, 1.807) is 11.3 Å². The Morgan fingerprint density at radius 1 is 1.23 bits per heavy atom. The van der Waals surface area contributed by atoms with E-state index in [4.69, 9.17) is 0 Å². The first kappa shape index (κ1) is 26.9. The molecule has 0 spiro atoms. The third-order valence-electron chi connectivity index (χ3n) is 4.82. The molecular formula is C23H37N3O4S. The van der Waals surface area contributed by atoms with E-state index < -0.39 is 24.0 Å². The van der Waals surface area contributed by atoms with Crippen molar-refractivity contribution in [1.29, 1.82) is 0 Å². The van der Waals surface area contributed by atoms with Gasteiger partial charge in [-0.25, -0.2) is 0 Å². The molecule has 0 fully saturated rings. The molecule has 3 atom stereocenters. The minimum atomic E-state index is -1.80. The fourth-order valence-electron chi connectivity index (χ4n) is 3.09. The van der Waals surface area contributed by atoms with Crippen molar-refractivity contribution in [2.24, 2.45) is 0 Å². The van der Waals surface area contributed by atoms with Crippen LogP contribution in [0.15, 0.2) is 41.4 Å². The molecule has 1 heterocycles. The lowest BCUT2D eigenvalue weighted by Crippen LogP contribution is -2.53. The number of allylic oxidation sites excluding steroid dienone is 2. The third kappa shape index (κ3) is 9.25. The molecule has 0 aliphatic carbocycles. The number of aliphatic hydroxyl groups excluding tert-OH is 2. The molecule has 3 unspecified atom stereocenters. The normalized spacial score (nSPS) is 14.8. The molecule has 1 aromatic rings. The molecule has 0 aliphatic rings. The van der Waals surface area contributed by atoms with Gasteiger partial charge in [-0.3, -0.25) is 9.59 Å². The summed E-state index contributed by atoms with van der Waals surface area (Å²) in [6.45, 7) is 9.37. The maximum Gasteiger partial charge on any atom is 0.254 e. The van der Waals surface area contributed by atoms with Gasteiger partial charge in [-0.05, 0) is 57.6 Å². The predicted molar refractivity (Wildman–Crippen MR) is 126 cm³/mol. The molecule has 0 saturated carbocycles. The highest BCUT2D eigenvalue weighted by Gasteiger charge is 2.34. The highest BCUT2D eigenvalue weighted by Crippen LogP contribution is 2.12. The zero-order valence-electron chi connectivity index (χ0n) is 19.0. The molecular weight excluding hydrogens is 414 g/mol. The maximum absolute atomic E-state index is 12.8. The predicted octanol–water partition coefficient (Wildman–Crippen LogP) is 2.22. The van der Waals surface area contributed by atoms with Crippen molar-refractivity contribution < 1.29 is 19.8 Å². The first-order valence-corrected chi connectivity index (χ1v) is 11.8. The van der Waals surface area contributed by atoms with Gasteiger partial charge in [-0.1, -0.05) is 25.1 Å². The molecule has 174 valence electrons. The lowest BCUT2D eigenvalue weighted by atomic mass is 10.1. The molecule has 1 aromatic heterocycles. The number of rotatable bonds is 14. The summed E-state index contributed by atoms with van der Waals surface area (Å²) in [5, 5.41) is 28.4. The molecule has 31 heavy (non-hydrogen) atoms. The summed E-state index contributed by atoms with van der Waals surface area (Å²) >= 11 is 1.58. The molecule has 0 aromatic carbocycles. The molecule has 4 N–H and O–H groups in total. The summed E-state index contributed by atoms with van der Waals surface area (Å²) in [5.74, 6) is -1.38. The summed E-state index contributed by atoms with van der Waals surface area (Å²) in [7, 11) is 0. The van der Waals surface area contributed by atoms with Crippen molar-refractivity contribution >= 4 is 23.2 Å². The van der Waals surface area contributed by atoms with E-state index in [1.165, 1.54) is 4.90 Å². The van der Waals surface area contributed by atoms with Crippen LogP contribution in [0.2, 0.25) is 0 Å². The average Bonchev–Trinajstić information content (AvgIpc) is 3.28. The molecule has 1 rings (SSSR count). The van der Waals surface area contributed by atoms with Gasteiger partial charge in [0.2, 0.25) is 0 Å². The minimum Gasteiger partial charge on any atom is -0.386 e. The number of nitrogens with zero attached hydrogens (tertiary/aromatic N) is 1. The second kappa shape index (κ2) is 14.8. The number of carbonyl (C=O) groups is 2. The van der Waals surface area contributed by atoms with E-state index in [2.05, 4.69) is 10.6 Å². The van der Waals surface area contributed by atoms with Crippen LogP contribution in [0, 0.1) is 0 Å². The Balaban J connectivity index is 2.65. The van der Waals surface area contributed by atoms with Crippen LogP contribution < -0.4 is 10.6 Å². The van der Waals surface area contributed by atoms with Crippen molar-refractivity contribution in [2.45, 2.75) is 65.2 Å². The fraction of sp³-hybridized carbons (Fsp3) is 0.565. The molecule has 7 nitrogen and oxygen atoms in total. The SMILES string of the molecule is C/C=C(\C=C/CC(C)N(CCC)C(=O)C(O)C(O)C(=O)NCCc1cccs1)NCC. The summed E-state index contributed by atoms with van der Waals surface area (Å²) in [5.41, 5.74) is 0.998. The Labute approximate surface area is 189 Å². The summed E-state index contributed by atoms with van der Waals surface area (Å²) in [6.07, 6.45) is 4.22. The van der Waals surface area contributed by atoms with Gasteiger partial charge < -0.3 is 25.7 Å². The van der Waals surface area contributed by atoms with Gasteiger partial charge >= 0.3 is 0 Å². The molecule has 0 radical (unpaired) electrons. The largest absolute Gasteiger partial charge is 0.386 e. The van der Waals surface area contributed by atoms with Gasteiger partial charge in [0.25, 0.3) is 11.8 Å². The minimum absolute atomic E-state index is 0.188. The Morgan fingerprint density at radius 2 is 1.97 bits per heavy atom. The van der Waals surface area contributed by atoms with Crippen molar-refractivity contribution in [1.82, 2.24) is 15.5 Å². The van der Waals surface area contributed by atoms with Crippen LogP contribution in [-0.2, 0) is 16.0 Å². The number of thiophene rings is 1. The summed E-state index contributed by atoms with van der Waals surface area (Å²) < 4.78 is 0. The van der Waals surface area contributed by atoms with Crippen LogP contribution >= 0.6 is 11.3 Å². The van der Waals surface area contributed by atoms with E-state index in [9.17, 15) is 19.8 Å². The van der Waals surface area contributed by atoms with Crippen molar-refractivity contribution in [3.05, 3.63) is 46.3 Å². The highest BCUT2D eigenvalue weighted by molar-refractivity contribution is 7.09. The smallest absolute Gasteiger partial charge is 0.254 e. The number of hydrogen-bond acceptors (Lipinski definition) is 6. The first-order valence-electron chi connectivity index (χ1n) is 10.9. The fourth-order valence-corrected chi connectivity index (χ4v) is 3.79. The van der Waals surface area contributed by atoms with Crippen LogP contribution in [0.5, 0.6) is 0 Å². The summed E-state index contributed by atoms with van der Waals surface area (Å²) in [4.78, 5) is 27.7. The first-order chi connectivity index (χ1) is 14.8. The van der Waals surface area contributed by atoms with E-state index >= 15 is 0 Å².